The first-order valence-corrected chi connectivity index (χ1v) is 5.90. The van der Waals surface area contributed by atoms with Gasteiger partial charge in [-0.2, -0.15) is 0 Å². The fourth-order valence-electron chi connectivity index (χ4n) is 0.909. The van der Waals surface area contributed by atoms with Gasteiger partial charge in [0, 0.05) is 5.56 Å². The van der Waals surface area contributed by atoms with E-state index < -0.39 is 0 Å². The van der Waals surface area contributed by atoms with Gasteiger partial charge in [0.05, 0.1) is 0 Å². The molecule has 0 heterocycles. The second-order valence-electron chi connectivity index (χ2n) is 2.98. The number of benzene rings is 1. The molecule has 0 fully saturated rings. The van der Waals surface area contributed by atoms with Gasteiger partial charge in [-0.05, 0) is 26.0 Å². The molecule has 0 amide bonds. The third-order valence-electron chi connectivity index (χ3n) is 1.87. The van der Waals surface area contributed by atoms with E-state index >= 15 is 0 Å². The van der Waals surface area contributed by atoms with Crippen molar-refractivity contribution in [2.24, 2.45) is 0 Å². The molecule has 0 spiro atoms. The Hall–Kier alpha value is -1.26. The Morgan fingerprint density at radius 2 is 2.00 bits per heavy atom. The van der Waals surface area contributed by atoms with Crippen molar-refractivity contribution < 1.29 is 0 Å². The monoisotopic (exact) mass is 186 g/mol. The third kappa shape index (κ3) is 3.77. The molecule has 1 aromatic carbocycles. The highest BCUT2D eigenvalue weighted by Gasteiger charge is 1.83. The lowest BCUT2D eigenvalue weighted by atomic mass is 10.2. The van der Waals surface area contributed by atoms with Gasteiger partial charge in [0.1, 0.15) is 9.52 Å². The fourth-order valence-corrected chi connectivity index (χ4v) is 1.68. The van der Waals surface area contributed by atoms with Crippen LogP contribution in [0.25, 0.3) is 0 Å². The Morgan fingerprint density at radius 1 is 1.31 bits per heavy atom. The summed E-state index contributed by atoms with van der Waals surface area (Å²) in [5.74, 6) is 3.18. The van der Waals surface area contributed by atoms with E-state index in [9.17, 15) is 0 Å². The maximum absolute atomic E-state index is 3.27. The third-order valence-corrected chi connectivity index (χ3v) is 3.19. The van der Waals surface area contributed by atoms with Crippen LogP contribution in [0.5, 0.6) is 0 Å². The highest BCUT2D eigenvalue weighted by molar-refractivity contribution is 6.54. The Kier molecular flexibility index (Phi) is 4.08. The van der Waals surface area contributed by atoms with Crippen molar-refractivity contribution in [2.75, 3.05) is 0 Å². The Morgan fingerprint density at radius 3 is 2.62 bits per heavy atom. The summed E-state index contributed by atoms with van der Waals surface area (Å²) in [6.07, 6.45) is 2.16. The summed E-state index contributed by atoms with van der Waals surface area (Å²) in [6, 6.07) is 10.2. The predicted octanol–water partition coefficient (Wildman–Crippen LogP) is 2.09. The van der Waals surface area contributed by atoms with Crippen LogP contribution in [-0.2, 0) is 0 Å². The standard InChI is InChI=1S/C12H14Si/c1-3-11(2)13-10-9-12-7-5-4-6-8-12/h3-8H,13H2,1-2H3. The van der Waals surface area contributed by atoms with Crippen LogP contribution in [0.15, 0.2) is 41.6 Å². The van der Waals surface area contributed by atoms with Crippen molar-refractivity contribution in [3.8, 4) is 11.5 Å². The highest BCUT2D eigenvalue weighted by Crippen LogP contribution is 1.94. The first-order valence-electron chi connectivity index (χ1n) is 4.48. The molecule has 0 N–H and O–H groups in total. The first kappa shape index (κ1) is 9.82. The average Bonchev–Trinajstić information content (AvgIpc) is 2.19. The summed E-state index contributed by atoms with van der Waals surface area (Å²) in [5, 5.41) is 1.46. The maximum atomic E-state index is 3.27. The molecule has 1 heteroatoms. The fraction of sp³-hybridized carbons (Fsp3) is 0.167. The smallest absolute Gasteiger partial charge is 0.129 e. The molecule has 0 radical (unpaired) electrons. The van der Waals surface area contributed by atoms with Crippen molar-refractivity contribution in [1.29, 1.82) is 0 Å². The summed E-state index contributed by atoms with van der Waals surface area (Å²) >= 11 is 0. The second kappa shape index (κ2) is 5.39. The summed E-state index contributed by atoms with van der Waals surface area (Å²) in [6.45, 7) is 4.23. The minimum Gasteiger partial charge on any atom is -0.129 e. The lowest BCUT2D eigenvalue weighted by molar-refractivity contribution is 1.58. The molecule has 66 valence electrons. The molecule has 0 nitrogen and oxygen atoms in total. The number of hydrogen-bond acceptors (Lipinski definition) is 0. The quantitative estimate of drug-likeness (QED) is 0.465. The summed E-state index contributed by atoms with van der Waals surface area (Å²) in [7, 11) is -0.308. The molecule has 13 heavy (non-hydrogen) atoms. The van der Waals surface area contributed by atoms with Crippen LogP contribution < -0.4 is 0 Å². The Labute approximate surface area is 82.5 Å². The SMILES string of the molecule is CC=C(C)[SiH2]C#Cc1ccccc1. The van der Waals surface area contributed by atoms with Gasteiger partial charge < -0.3 is 0 Å². The van der Waals surface area contributed by atoms with Gasteiger partial charge in [-0.1, -0.05) is 35.4 Å². The normalized spacial score (nSPS) is 11.4. The molecule has 0 bridgehead atoms. The summed E-state index contributed by atoms with van der Waals surface area (Å²) < 4.78 is 0. The summed E-state index contributed by atoms with van der Waals surface area (Å²) in [5.41, 5.74) is 4.40. The van der Waals surface area contributed by atoms with Crippen LogP contribution in [0.1, 0.15) is 19.4 Å². The molecule has 0 saturated carbocycles. The van der Waals surface area contributed by atoms with Gasteiger partial charge in [-0.15, -0.1) is 5.54 Å². The van der Waals surface area contributed by atoms with Gasteiger partial charge in [0.15, 0.2) is 0 Å². The van der Waals surface area contributed by atoms with Crippen molar-refractivity contribution in [3.05, 3.63) is 47.2 Å². The van der Waals surface area contributed by atoms with E-state index in [1.54, 1.807) is 0 Å². The zero-order chi connectivity index (χ0) is 9.52. The van der Waals surface area contributed by atoms with Crippen molar-refractivity contribution >= 4 is 9.52 Å². The molecular formula is C12H14Si. The Bertz CT molecular complexity index is 338. The Balaban J connectivity index is 2.59. The number of allylic oxidation sites excluding steroid dienone is 2. The van der Waals surface area contributed by atoms with E-state index in [2.05, 4.69) is 31.4 Å². The molecule has 0 saturated heterocycles. The molecule has 0 aliphatic carbocycles. The molecule has 0 aliphatic heterocycles. The topological polar surface area (TPSA) is 0 Å². The van der Waals surface area contributed by atoms with E-state index in [1.165, 1.54) is 5.20 Å². The molecule has 1 aromatic rings. The van der Waals surface area contributed by atoms with Crippen LogP contribution in [0.4, 0.5) is 0 Å². The lowest BCUT2D eigenvalue weighted by Gasteiger charge is -1.88. The van der Waals surface area contributed by atoms with Crippen LogP contribution in [0.3, 0.4) is 0 Å². The average molecular weight is 186 g/mol. The van der Waals surface area contributed by atoms with Crippen molar-refractivity contribution in [1.82, 2.24) is 0 Å². The van der Waals surface area contributed by atoms with E-state index in [-0.39, 0.29) is 9.52 Å². The van der Waals surface area contributed by atoms with Gasteiger partial charge >= 0.3 is 0 Å². The van der Waals surface area contributed by atoms with E-state index in [0.29, 0.717) is 0 Å². The highest BCUT2D eigenvalue weighted by atomic mass is 28.2. The maximum Gasteiger partial charge on any atom is 0.133 e. The predicted molar refractivity (Wildman–Crippen MR) is 61.3 cm³/mol. The van der Waals surface area contributed by atoms with Crippen molar-refractivity contribution in [3.63, 3.8) is 0 Å². The first-order chi connectivity index (χ1) is 6.33. The molecule has 0 aromatic heterocycles. The molecule has 0 unspecified atom stereocenters. The lowest BCUT2D eigenvalue weighted by Crippen LogP contribution is -1.87. The number of hydrogen-bond donors (Lipinski definition) is 0. The second-order valence-corrected chi connectivity index (χ2v) is 4.80. The minimum atomic E-state index is -0.308. The summed E-state index contributed by atoms with van der Waals surface area (Å²) in [4.78, 5) is 0. The molecular weight excluding hydrogens is 172 g/mol. The van der Waals surface area contributed by atoms with E-state index in [1.807, 2.05) is 30.3 Å². The zero-order valence-corrected chi connectivity index (χ0v) is 9.59. The van der Waals surface area contributed by atoms with E-state index in [4.69, 9.17) is 0 Å². The van der Waals surface area contributed by atoms with Gasteiger partial charge in [-0.25, -0.2) is 0 Å². The van der Waals surface area contributed by atoms with Gasteiger partial charge in [0.2, 0.25) is 0 Å². The largest absolute Gasteiger partial charge is 0.133 e. The van der Waals surface area contributed by atoms with Gasteiger partial charge in [-0.3, -0.25) is 0 Å². The zero-order valence-electron chi connectivity index (χ0n) is 8.17. The van der Waals surface area contributed by atoms with Crippen molar-refractivity contribution in [2.45, 2.75) is 13.8 Å². The molecule has 1 rings (SSSR count). The van der Waals surface area contributed by atoms with Crippen LogP contribution in [0.2, 0.25) is 0 Å². The molecule has 0 atom stereocenters. The van der Waals surface area contributed by atoms with Crippen LogP contribution in [0, 0.1) is 11.5 Å². The van der Waals surface area contributed by atoms with Crippen LogP contribution in [-0.4, -0.2) is 9.52 Å². The van der Waals surface area contributed by atoms with E-state index in [0.717, 1.165) is 5.56 Å². The number of rotatable bonds is 1. The van der Waals surface area contributed by atoms with Crippen LogP contribution >= 0.6 is 0 Å². The minimum absolute atomic E-state index is 0.308. The van der Waals surface area contributed by atoms with Gasteiger partial charge in [0.25, 0.3) is 0 Å². The molecule has 0 aliphatic rings.